The minimum atomic E-state index is -0.0754. The zero-order valence-electron chi connectivity index (χ0n) is 17.4. The molecule has 1 amide bonds. The van der Waals surface area contributed by atoms with Gasteiger partial charge in [-0.3, -0.25) is 9.78 Å². The molecule has 1 aliphatic rings. The molecule has 1 unspecified atom stereocenters. The van der Waals surface area contributed by atoms with Gasteiger partial charge >= 0.3 is 0 Å². The van der Waals surface area contributed by atoms with Crippen LogP contribution in [0.2, 0.25) is 0 Å². The number of nitrogens with zero attached hydrogens (tertiary/aromatic N) is 5. The van der Waals surface area contributed by atoms with E-state index in [9.17, 15) is 4.79 Å². The molecule has 0 spiro atoms. The first-order valence-corrected chi connectivity index (χ1v) is 10.4. The number of hydrogen-bond acceptors (Lipinski definition) is 6. The van der Waals surface area contributed by atoms with Crippen molar-refractivity contribution in [2.24, 2.45) is 0 Å². The molecule has 32 heavy (non-hydrogen) atoms. The van der Waals surface area contributed by atoms with Crippen molar-refractivity contribution in [1.82, 2.24) is 24.8 Å². The van der Waals surface area contributed by atoms with Gasteiger partial charge in [0.15, 0.2) is 5.82 Å². The molecular formula is C24H20N6O2. The average Bonchev–Trinajstić information content (AvgIpc) is 3.47. The largest absolute Gasteiger partial charge is 0.457 e. The van der Waals surface area contributed by atoms with Crippen LogP contribution in [-0.2, 0) is 4.79 Å². The number of likely N-dealkylation sites (tertiary alicyclic amines) is 1. The third-order valence-corrected chi connectivity index (χ3v) is 5.65. The molecule has 8 nitrogen and oxygen atoms in total. The fraction of sp³-hybridized carbons (Fsp3) is 0.208. The highest BCUT2D eigenvalue weighted by molar-refractivity contribution is 5.82. The van der Waals surface area contributed by atoms with Gasteiger partial charge in [-0.2, -0.15) is 5.26 Å². The summed E-state index contributed by atoms with van der Waals surface area (Å²) in [5, 5.41) is 9.05. The van der Waals surface area contributed by atoms with E-state index >= 15 is 0 Å². The standard InChI is InChI=1S/C24H20N6O2/c1-15(31)30-10-2-3-22(30)18-11-19-20(29-24(28-19)21-14-26-8-9-27-21)12-23(18)32-17-6-4-16(13-25)5-7-17/h4-9,11-12,14,22H,2-3,10H2,1H3,(H,28,29). The molecule has 0 bridgehead atoms. The van der Waals surface area contributed by atoms with Gasteiger partial charge in [-0.25, -0.2) is 9.97 Å². The summed E-state index contributed by atoms with van der Waals surface area (Å²) in [5.41, 5.74) is 3.69. The third-order valence-electron chi connectivity index (χ3n) is 5.65. The Bertz CT molecular complexity index is 1320. The second kappa shape index (κ2) is 8.12. The van der Waals surface area contributed by atoms with Gasteiger partial charge < -0.3 is 14.6 Å². The maximum Gasteiger partial charge on any atom is 0.219 e. The highest BCUT2D eigenvalue weighted by atomic mass is 16.5. The van der Waals surface area contributed by atoms with Crippen molar-refractivity contribution in [1.29, 1.82) is 5.26 Å². The Morgan fingerprint density at radius 1 is 1.25 bits per heavy atom. The van der Waals surface area contributed by atoms with Crippen molar-refractivity contribution in [2.75, 3.05) is 6.54 Å². The number of aromatic amines is 1. The van der Waals surface area contributed by atoms with Crippen LogP contribution in [0.5, 0.6) is 11.5 Å². The number of aromatic nitrogens is 4. The summed E-state index contributed by atoms with van der Waals surface area (Å²) in [6.45, 7) is 2.32. The summed E-state index contributed by atoms with van der Waals surface area (Å²) in [7, 11) is 0. The summed E-state index contributed by atoms with van der Waals surface area (Å²) in [6.07, 6.45) is 6.69. The van der Waals surface area contributed by atoms with Gasteiger partial charge in [-0.15, -0.1) is 0 Å². The smallest absolute Gasteiger partial charge is 0.219 e. The van der Waals surface area contributed by atoms with E-state index in [1.807, 2.05) is 17.0 Å². The lowest BCUT2D eigenvalue weighted by Gasteiger charge is -2.25. The summed E-state index contributed by atoms with van der Waals surface area (Å²) >= 11 is 0. The molecular weight excluding hydrogens is 404 g/mol. The minimum absolute atomic E-state index is 0.0433. The molecule has 1 aliphatic heterocycles. The number of imidazole rings is 1. The summed E-state index contributed by atoms with van der Waals surface area (Å²) < 4.78 is 6.24. The molecule has 1 saturated heterocycles. The number of benzene rings is 2. The molecule has 1 atom stereocenters. The number of amides is 1. The fourth-order valence-corrected chi connectivity index (χ4v) is 4.14. The first kappa shape index (κ1) is 19.7. The highest BCUT2D eigenvalue weighted by Gasteiger charge is 2.31. The summed E-state index contributed by atoms with van der Waals surface area (Å²) in [4.78, 5) is 30.5. The van der Waals surface area contributed by atoms with Crippen LogP contribution in [0.15, 0.2) is 55.0 Å². The van der Waals surface area contributed by atoms with E-state index in [1.165, 1.54) is 0 Å². The number of nitrogens with one attached hydrogen (secondary N) is 1. The summed E-state index contributed by atoms with van der Waals surface area (Å²) in [5.74, 6) is 1.91. The second-order valence-electron chi connectivity index (χ2n) is 7.69. The monoisotopic (exact) mass is 424 g/mol. The fourth-order valence-electron chi connectivity index (χ4n) is 4.14. The predicted octanol–water partition coefficient (Wildman–Crippen LogP) is 4.37. The van der Waals surface area contributed by atoms with Crippen LogP contribution in [-0.4, -0.2) is 37.3 Å². The molecule has 4 aromatic rings. The maximum absolute atomic E-state index is 12.2. The number of nitriles is 1. The Balaban J connectivity index is 1.61. The highest BCUT2D eigenvalue weighted by Crippen LogP contribution is 2.41. The number of ether oxygens (including phenoxy) is 1. The molecule has 0 saturated carbocycles. The van der Waals surface area contributed by atoms with Crippen molar-refractivity contribution in [3.63, 3.8) is 0 Å². The first-order valence-electron chi connectivity index (χ1n) is 10.4. The third kappa shape index (κ3) is 3.65. The van der Waals surface area contributed by atoms with Crippen LogP contribution in [0.3, 0.4) is 0 Å². The Morgan fingerprint density at radius 2 is 2.09 bits per heavy atom. The van der Waals surface area contributed by atoms with Crippen LogP contribution in [0, 0.1) is 11.3 Å². The van der Waals surface area contributed by atoms with Crippen molar-refractivity contribution in [2.45, 2.75) is 25.8 Å². The lowest BCUT2D eigenvalue weighted by molar-refractivity contribution is -0.129. The van der Waals surface area contributed by atoms with E-state index in [-0.39, 0.29) is 11.9 Å². The van der Waals surface area contributed by atoms with Gasteiger partial charge in [0.05, 0.1) is 34.9 Å². The Hall–Kier alpha value is -4.25. The Morgan fingerprint density at radius 3 is 2.81 bits per heavy atom. The number of hydrogen-bond donors (Lipinski definition) is 1. The molecule has 5 rings (SSSR count). The Labute approximate surface area is 184 Å². The van der Waals surface area contributed by atoms with Gasteiger partial charge in [-0.05, 0) is 43.2 Å². The van der Waals surface area contributed by atoms with E-state index in [0.717, 1.165) is 36.0 Å². The molecule has 2 aromatic heterocycles. The predicted molar refractivity (Wildman–Crippen MR) is 118 cm³/mol. The number of rotatable bonds is 4. The molecule has 0 radical (unpaired) electrons. The van der Waals surface area contributed by atoms with Crippen molar-refractivity contribution in [3.05, 3.63) is 66.1 Å². The van der Waals surface area contributed by atoms with Gasteiger partial charge in [-0.1, -0.05) is 0 Å². The molecule has 1 N–H and O–H groups in total. The van der Waals surface area contributed by atoms with Crippen LogP contribution < -0.4 is 4.74 Å². The van der Waals surface area contributed by atoms with Crippen molar-refractivity contribution in [3.8, 4) is 29.1 Å². The molecule has 0 aliphatic carbocycles. The van der Waals surface area contributed by atoms with E-state index in [0.29, 0.717) is 28.6 Å². The van der Waals surface area contributed by atoms with E-state index in [1.54, 1.807) is 49.8 Å². The van der Waals surface area contributed by atoms with E-state index in [4.69, 9.17) is 10.00 Å². The van der Waals surface area contributed by atoms with Gasteiger partial charge in [0, 0.05) is 37.5 Å². The van der Waals surface area contributed by atoms with E-state index < -0.39 is 0 Å². The van der Waals surface area contributed by atoms with Crippen LogP contribution in [0.4, 0.5) is 0 Å². The SMILES string of the molecule is CC(=O)N1CCCC1c1cc2[nH]c(-c3cnccn3)nc2cc1Oc1ccc(C#N)cc1. The van der Waals surface area contributed by atoms with Gasteiger partial charge in [0.25, 0.3) is 0 Å². The molecule has 158 valence electrons. The zero-order chi connectivity index (χ0) is 22.1. The molecule has 1 fully saturated rings. The first-order chi connectivity index (χ1) is 15.6. The van der Waals surface area contributed by atoms with Gasteiger partial charge in [0.1, 0.15) is 17.2 Å². The lowest BCUT2D eigenvalue weighted by atomic mass is 10.0. The van der Waals surface area contributed by atoms with Crippen molar-refractivity contribution < 1.29 is 9.53 Å². The van der Waals surface area contributed by atoms with Crippen molar-refractivity contribution >= 4 is 16.9 Å². The average molecular weight is 424 g/mol. The number of carbonyl (C=O) groups is 1. The maximum atomic E-state index is 12.2. The molecule has 3 heterocycles. The van der Waals surface area contributed by atoms with Gasteiger partial charge in [0.2, 0.25) is 5.91 Å². The quantitative estimate of drug-likeness (QED) is 0.521. The number of H-pyrrole nitrogens is 1. The Kier molecular flexibility index (Phi) is 5.00. The van der Waals surface area contributed by atoms with Crippen LogP contribution in [0.25, 0.3) is 22.6 Å². The van der Waals surface area contributed by atoms with Crippen LogP contribution in [0.1, 0.15) is 36.9 Å². The number of carbonyl (C=O) groups excluding carboxylic acids is 1. The number of fused-ring (bicyclic) bond motifs is 1. The molecule has 2 aromatic carbocycles. The lowest BCUT2D eigenvalue weighted by Crippen LogP contribution is -2.28. The normalized spacial score (nSPS) is 15.6. The second-order valence-corrected chi connectivity index (χ2v) is 7.69. The van der Waals surface area contributed by atoms with Crippen LogP contribution >= 0.6 is 0 Å². The molecule has 8 heteroatoms. The minimum Gasteiger partial charge on any atom is -0.457 e. The van der Waals surface area contributed by atoms with E-state index in [2.05, 4.69) is 26.0 Å². The topological polar surface area (TPSA) is 108 Å². The summed E-state index contributed by atoms with van der Waals surface area (Å²) in [6, 6.07) is 12.9. The zero-order valence-corrected chi connectivity index (χ0v) is 17.4.